The van der Waals surface area contributed by atoms with Gasteiger partial charge in [-0.1, -0.05) is 0 Å². The maximum atomic E-state index is 11.5. The first-order valence-corrected chi connectivity index (χ1v) is 6.83. The predicted octanol–water partition coefficient (Wildman–Crippen LogP) is -4.28. The van der Waals surface area contributed by atoms with Gasteiger partial charge in [-0.15, -0.1) is 0 Å². The van der Waals surface area contributed by atoms with E-state index < -0.39 is 67.7 Å². The van der Waals surface area contributed by atoms with Crippen LogP contribution < -0.4 is 11.1 Å². The van der Waals surface area contributed by atoms with Gasteiger partial charge < -0.3 is 46.1 Å². The molecule has 1 amide bonds. The average Bonchev–Trinajstić information content (AvgIpc) is 2.54. The molecular weight excluding hydrogens is 316 g/mol. The molecule has 8 N–H and O–H groups in total. The van der Waals surface area contributed by atoms with Gasteiger partial charge in [-0.3, -0.25) is 4.79 Å². The van der Waals surface area contributed by atoms with Crippen molar-refractivity contribution < 1.29 is 44.6 Å². The molecule has 1 saturated heterocycles. The normalized spacial score (nSPS) is 33.7. The van der Waals surface area contributed by atoms with E-state index in [0.29, 0.717) is 0 Å². The number of rotatable bonds is 7. The van der Waals surface area contributed by atoms with Crippen molar-refractivity contribution in [2.45, 2.75) is 42.7 Å². The van der Waals surface area contributed by atoms with Crippen molar-refractivity contribution in [1.82, 2.24) is 5.32 Å². The number of aliphatic hydroxyl groups is 4. The van der Waals surface area contributed by atoms with Gasteiger partial charge in [0.05, 0.1) is 25.3 Å². The summed E-state index contributed by atoms with van der Waals surface area (Å²) in [6.45, 7) is -1.26. The van der Waals surface area contributed by atoms with E-state index in [1.807, 2.05) is 0 Å². The highest BCUT2D eigenvalue weighted by Crippen LogP contribution is 2.32. The molecule has 0 spiro atoms. The molecular formula is C12H22N2O9. The van der Waals surface area contributed by atoms with Crippen LogP contribution in [0.1, 0.15) is 6.42 Å². The summed E-state index contributed by atoms with van der Waals surface area (Å²) >= 11 is 0. The van der Waals surface area contributed by atoms with Crippen LogP contribution in [0.15, 0.2) is 0 Å². The second-order valence-electron chi connectivity index (χ2n) is 5.15. The molecule has 23 heavy (non-hydrogen) atoms. The standard InChI is InChI=1S/C12H22N2O9/c1-22-12(11(20)21)2-5(16)8(14-7(18)3-13)10(23-12)9(19)6(17)4-15/h5-6,8-10,15-17,19H,2-4,13H2,1H3,(H,14,18)(H,20,21). The van der Waals surface area contributed by atoms with Gasteiger partial charge in [-0.05, 0) is 0 Å². The molecule has 1 heterocycles. The number of nitrogens with two attached hydrogens (primary N) is 1. The Balaban J connectivity index is 3.14. The molecule has 1 rings (SSSR count). The van der Waals surface area contributed by atoms with Crippen LogP contribution in [0.5, 0.6) is 0 Å². The van der Waals surface area contributed by atoms with Crippen molar-refractivity contribution in [2.24, 2.45) is 5.73 Å². The number of carboxylic acids is 1. The summed E-state index contributed by atoms with van der Waals surface area (Å²) in [7, 11) is 1.03. The molecule has 1 fully saturated rings. The number of methoxy groups -OCH3 is 1. The lowest BCUT2D eigenvalue weighted by Gasteiger charge is -2.46. The number of aliphatic hydroxyl groups excluding tert-OH is 4. The van der Waals surface area contributed by atoms with Crippen LogP contribution in [0.4, 0.5) is 0 Å². The largest absolute Gasteiger partial charge is 0.477 e. The summed E-state index contributed by atoms with van der Waals surface area (Å²) in [6, 6.07) is -1.26. The van der Waals surface area contributed by atoms with E-state index in [2.05, 4.69) is 5.32 Å². The van der Waals surface area contributed by atoms with Crippen molar-refractivity contribution in [1.29, 1.82) is 0 Å². The molecule has 6 unspecified atom stereocenters. The predicted molar refractivity (Wildman–Crippen MR) is 73.0 cm³/mol. The quantitative estimate of drug-likeness (QED) is 0.239. The Hall–Kier alpha value is -1.34. The van der Waals surface area contributed by atoms with Crippen LogP contribution in [-0.2, 0) is 19.1 Å². The summed E-state index contributed by atoms with van der Waals surface area (Å²) in [4.78, 5) is 22.8. The summed E-state index contributed by atoms with van der Waals surface area (Å²) in [5, 5.41) is 50.3. The maximum Gasteiger partial charge on any atom is 0.364 e. The van der Waals surface area contributed by atoms with E-state index in [1.54, 1.807) is 0 Å². The number of hydrogen-bond acceptors (Lipinski definition) is 9. The first-order chi connectivity index (χ1) is 10.7. The average molecular weight is 338 g/mol. The molecule has 11 heteroatoms. The zero-order valence-electron chi connectivity index (χ0n) is 12.5. The first-order valence-electron chi connectivity index (χ1n) is 6.83. The molecule has 0 radical (unpaired) electrons. The molecule has 0 saturated carbocycles. The highest BCUT2D eigenvalue weighted by atomic mass is 16.7. The Bertz CT molecular complexity index is 435. The number of carboxylic acid groups (broad SMARTS) is 1. The van der Waals surface area contributed by atoms with Crippen LogP contribution in [0, 0.1) is 0 Å². The van der Waals surface area contributed by atoms with Gasteiger partial charge in [0.25, 0.3) is 5.79 Å². The van der Waals surface area contributed by atoms with Gasteiger partial charge in [0.2, 0.25) is 5.91 Å². The van der Waals surface area contributed by atoms with Crippen molar-refractivity contribution in [3.63, 3.8) is 0 Å². The summed E-state index contributed by atoms with van der Waals surface area (Å²) in [5.41, 5.74) is 5.16. The number of carbonyl (C=O) groups excluding carboxylic acids is 1. The van der Waals surface area contributed by atoms with Crippen molar-refractivity contribution in [3.05, 3.63) is 0 Å². The Labute approximate surface area is 131 Å². The molecule has 0 aromatic rings. The number of hydrogen-bond donors (Lipinski definition) is 7. The van der Waals surface area contributed by atoms with Crippen LogP contribution >= 0.6 is 0 Å². The van der Waals surface area contributed by atoms with Crippen LogP contribution in [-0.4, -0.2) is 93.9 Å². The van der Waals surface area contributed by atoms with Crippen LogP contribution in [0.3, 0.4) is 0 Å². The topological polar surface area (TPSA) is 192 Å². The monoisotopic (exact) mass is 338 g/mol. The van der Waals surface area contributed by atoms with Gasteiger partial charge in [0, 0.05) is 13.5 Å². The molecule has 0 bridgehead atoms. The van der Waals surface area contributed by atoms with Gasteiger partial charge in [0.15, 0.2) is 0 Å². The maximum absolute atomic E-state index is 11.5. The third-order valence-corrected chi connectivity index (χ3v) is 3.66. The third-order valence-electron chi connectivity index (χ3n) is 3.66. The van der Waals surface area contributed by atoms with Gasteiger partial charge in [-0.25, -0.2) is 4.79 Å². The lowest BCUT2D eigenvalue weighted by molar-refractivity contribution is -0.303. The Morgan fingerprint density at radius 1 is 1.48 bits per heavy atom. The van der Waals surface area contributed by atoms with Crippen LogP contribution in [0.2, 0.25) is 0 Å². The molecule has 1 aliphatic rings. The van der Waals surface area contributed by atoms with E-state index in [9.17, 15) is 30.0 Å². The molecule has 134 valence electrons. The highest BCUT2D eigenvalue weighted by molar-refractivity contribution is 5.78. The Morgan fingerprint density at radius 3 is 2.52 bits per heavy atom. The minimum atomic E-state index is -2.27. The fourth-order valence-corrected chi connectivity index (χ4v) is 2.35. The number of carbonyl (C=O) groups is 2. The van der Waals surface area contributed by atoms with Crippen LogP contribution in [0.25, 0.3) is 0 Å². The van der Waals surface area contributed by atoms with E-state index >= 15 is 0 Å². The van der Waals surface area contributed by atoms with Gasteiger partial charge in [-0.2, -0.15) is 0 Å². The first kappa shape index (κ1) is 19.7. The summed E-state index contributed by atoms with van der Waals surface area (Å²) < 4.78 is 10.0. The SMILES string of the molecule is COC1(C(=O)O)CC(O)C(NC(=O)CN)C(C(O)C(O)CO)O1. The number of ether oxygens (including phenoxy) is 2. The second-order valence-corrected chi connectivity index (χ2v) is 5.15. The zero-order chi connectivity index (χ0) is 17.8. The summed E-state index contributed by atoms with van der Waals surface area (Å²) in [6.07, 6.45) is -7.06. The smallest absolute Gasteiger partial charge is 0.364 e. The second kappa shape index (κ2) is 7.97. The molecule has 1 aliphatic heterocycles. The third kappa shape index (κ3) is 4.14. The van der Waals surface area contributed by atoms with Crippen molar-refractivity contribution >= 4 is 11.9 Å². The molecule has 11 nitrogen and oxygen atoms in total. The zero-order valence-corrected chi connectivity index (χ0v) is 12.5. The number of amides is 1. The molecule has 0 aliphatic carbocycles. The molecule has 6 atom stereocenters. The van der Waals surface area contributed by atoms with E-state index in [0.717, 1.165) is 7.11 Å². The van der Waals surface area contributed by atoms with Crippen molar-refractivity contribution in [2.75, 3.05) is 20.3 Å². The highest BCUT2D eigenvalue weighted by Gasteiger charge is 2.55. The van der Waals surface area contributed by atoms with Gasteiger partial charge in [0.1, 0.15) is 18.3 Å². The number of nitrogens with one attached hydrogen (secondary N) is 1. The minimum Gasteiger partial charge on any atom is -0.477 e. The Morgan fingerprint density at radius 2 is 2.09 bits per heavy atom. The van der Waals surface area contributed by atoms with Crippen molar-refractivity contribution in [3.8, 4) is 0 Å². The fourth-order valence-electron chi connectivity index (χ4n) is 2.35. The lowest BCUT2D eigenvalue weighted by atomic mass is 9.88. The minimum absolute atomic E-state index is 0.414. The lowest BCUT2D eigenvalue weighted by Crippen LogP contribution is -2.68. The Kier molecular flexibility index (Phi) is 6.83. The van der Waals surface area contributed by atoms with E-state index in [1.165, 1.54) is 0 Å². The molecule has 0 aromatic heterocycles. The molecule has 0 aromatic carbocycles. The summed E-state index contributed by atoms with van der Waals surface area (Å²) in [5.74, 6) is -4.52. The van der Waals surface area contributed by atoms with E-state index in [4.69, 9.17) is 20.3 Å². The van der Waals surface area contributed by atoms with Gasteiger partial charge >= 0.3 is 5.97 Å². The number of aliphatic carboxylic acids is 1. The van der Waals surface area contributed by atoms with E-state index in [-0.39, 0.29) is 0 Å². The fraction of sp³-hybridized carbons (Fsp3) is 0.833.